The molecule has 0 saturated carbocycles. The van der Waals surface area contributed by atoms with Crippen LogP contribution in [0.5, 0.6) is 5.88 Å². The summed E-state index contributed by atoms with van der Waals surface area (Å²) in [7, 11) is 0. The molecule has 2 aliphatic rings. The number of fused-ring (bicyclic) bond motifs is 3. The van der Waals surface area contributed by atoms with Crippen LogP contribution in [0, 0.1) is 12.8 Å². The lowest BCUT2D eigenvalue weighted by atomic mass is 10.1. The fourth-order valence-corrected chi connectivity index (χ4v) is 3.52. The summed E-state index contributed by atoms with van der Waals surface area (Å²) in [4.78, 5) is 8.86. The lowest BCUT2D eigenvalue weighted by molar-refractivity contribution is 0.0651. The molecule has 0 aromatic carbocycles. The number of anilines is 3. The molecule has 2 N–H and O–H groups in total. The minimum Gasteiger partial charge on any atom is -0.475 e. The van der Waals surface area contributed by atoms with Gasteiger partial charge in [0.05, 0.1) is 24.5 Å². The average Bonchev–Trinajstić information content (AvgIpc) is 2.97. The lowest BCUT2D eigenvalue weighted by Crippen LogP contribution is -2.29. The molecular weight excluding hydrogens is 368 g/mol. The third-order valence-corrected chi connectivity index (χ3v) is 5.61. The van der Waals surface area contributed by atoms with Gasteiger partial charge in [0.15, 0.2) is 5.82 Å². The molecule has 27 heavy (non-hydrogen) atoms. The number of ether oxygens (including phenoxy) is 2. The number of nitrogens with one attached hydrogen (secondary N) is 2. The molecule has 8 nitrogen and oxygen atoms in total. The van der Waals surface area contributed by atoms with Crippen molar-refractivity contribution >= 4 is 29.1 Å². The molecule has 0 aliphatic carbocycles. The van der Waals surface area contributed by atoms with Crippen LogP contribution in [-0.2, 0) is 4.74 Å². The van der Waals surface area contributed by atoms with Gasteiger partial charge in [0.2, 0.25) is 5.95 Å². The Hall–Kier alpha value is -2.06. The maximum Gasteiger partial charge on any atom is 0.257 e. The normalized spacial score (nSPS) is 23.4. The van der Waals surface area contributed by atoms with Gasteiger partial charge >= 0.3 is 0 Å². The van der Waals surface area contributed by atoms with Crippen molar-refractivity contribution in [2.75, 3.05) is 30.5 Å². The molecular formula is C18H25ClN6O2. The van der Waals surface area contributed by atoms with E-state index < -0.39 is 0 Å². The van der Waals surface area contributed by atoms with Crippen LogP contribution >= 0.6 is 11.6 Å². The highest BCUT2D eigenvalue weighted by atomic mass is 35.5. The summed E-state index contributed by atoms with van der Waals surface area (Å²) in [5.41, 5.74) is 1.81. The molecule has 2 aromatic heterocycles. The van der Waals surface area contributed by atoms with Gasteiger partial charge in [-0.05, 0) is 26.7 Å². The predicted octanol–water partition coefficient (Wildman–Crippen LogP) is 3.56. The fraction of sp³-hybridized carbons (Fsp3) is 0.611. The zero-order valence-electron chi connectivity index (χ0n) is 15.8. The Morgan fingerprint density at radius 1 is 1.26 bits per heavy atom. The maximum absolute atomic E-state index is 6.27. The van der Waals surface area contributed by atoms with Crippen molar-refractivity contribution in [3.8, 4) is 5.88 Å². The van der Waals surface area contributed by atoms with Crippen LogP contribution in [0.4, 0.5) is 17.5 Å². The summed E-state index contributed by atoms with van der Waals surface area (Å²) < 4.78 is 13.6. The molecule has 9 heteroatoms. The zero-order valence-corrected chi connectivity index (χ0v) is 16.6. The second-order valence-electron chi connectivity index (χ2n) is 7.29. The quantitative estimate of drug-likeness (QED) is 0.767. The molecule has 2 atom stereocenters. The van der Waals surface area contributed by atoms with Gasteiger partial charge in [-0.2, -0.15) is 4.98 Å². The van der Waals surface area contributed by atoms with Gasteiger partial charge in [0.1, 0.15) is 10.7 Å². The molecule has 4 rings (SSSR count). The van der Waals surface area contributed by atoms with Gasteiger partial charge in [-0.3, -0.25) is 4.68 Å². The predicted molar refractivity (Wildman–Crippen MR) is 104 cm³/mol. The topological polar surface area (TPSA) is 86.1 Å². The molecule has 0 amide bonds. The van der Waals surface area contributed by atoms with Crippen LogP contribution in [0.15, 0.2) is 6.20 Å². The van der Waals surface area contributed by atoms with Gasteiger partial charge < -0.3 is 20.1 Å². The summed E-state index contributed by atoms with van der Waals surface area (Å²) in [6, 6.07) is 0.440. The zero-order chi connectivity index (χ0) is 19.0. The molecule has 2 bridgehead atoms. The van der Waals surface area contributed by atoms with E-state index in [1.165, 1.54) is 0 Å². The van der Waals surface area contributed by atoms with Crippen molar-refractivity contribution in [3.63, 3.8) is 0 Å². The molecule has 1 fully saturated rings. The molecule has 4 heterocycles. The van der Waals surface area contributed by atoms with Crippen molar-refractivity contribution in [2.24, 2.45) is 5.92 Å². The summed E-state index contributed by atoms with van der Waals surface area (Å²) in [5, 5.41) is 11.9. The van der Waals surface area contributed by atoms with Crippen LogP contribution < -0.4 is 15.4 Å². The van der Waals surface area contributed by atoms with Crippen molar-refractivity contribution < 1.29 is 9.47 Å². The van der Waals surface area contributed by atoms with Crippen LogP contribution in [0.3, 0.4) is 0 Å². The van der Waals surface area contributed by atoms with Gasteiger partial charge in [0, 0.05) is 25.2 Å². The summed E-state index contributed by atoms with van der Waals surface area (Å²) in [5.74, 6) is 1.90. The second kappa shape index (κ2) is 7.52. The SMILES string of the molecule is Cc1c2c(nn1C1CCOCC1)OCC(C)C(C)Nc1nc(ncc1Cl)N2. The largest absolute Gasteiger partial charge is 0.475 e. The van der Waals surface area contributed by atoms with Crippen LogP contribution in [0.1, 0.15) is 38.4 Å². The Labute approximate surface area is 163 Å². The first kappa shape index (κ1) is 18.3. The van der Waals surface area contributed by atoms with E-state index in [9.17, 15) is 0 Å². The first-order chi connectivity index (χ1) is 13.0. The van der Waals surface area contributed by atoms with E-state index in [1.54, 1.807) is 6.20 Å². The molecule has 146 valence electrons. The Kier molecular flexibility index (Phi) is 5.10. The van der Waals surface area contributed by atoms with Crippen molar-refractivity contribution in [3.05, 3.63) is 16.9 Å². The average molecular weight is 393 g/mol. The Balaban J connectivity index is 1.74. The van der Waals surface area contributed by atoms with Crippen LogP contribution in [0.25, 0.3) is 0 Å². The van der Waals surface area contributed by atoms with Gasteiger partial charge in [-0.1, -0.05) is 18.5 Å². The molecule has 2 aliphatic heterocycles. The first-order valence-corrected chi connectivity index (χ1v) is 9.76. The van der Waals surface area contributed by atoms with E-state index in [2.05, 4.69) is 39.1 Å². The standard InChI is InChI=1S/C18H25ClN6O2/c1-10-9-27-17-15(12(3)25(24-17)13-4-6-26-7-5-13)22-18-20-8-14(19)16(23-18)21-11(10)2/h8,10-11,13H,4-7,9H2,1-3H3,(H2,20,21,22,23). The van der Waals surface area contributed by atoms with Gasteiger partial charge in [0.25, 0.3) is 5.88 Å². The van der Waals surface area contributed by atoms with Gasteiger partial charge in [-0.25, -0.2) is 4.98 Å². The Bertz CT molecular complexity index is 820. The van der Waals surface area contributed by atoms with E-state index >= 15 is 0 Å². The van der Waals surface area contributed by atoms with E-state index in [-0.39, 0.29) is 12.0 Å². The summed E-state index contributed by atoms with van der Waals surface area (Å²) in [6.45, 7) is 8.30. The Morgan fingerprint density at radius 3 is 2.81 bits per heavy atom. The van der Waals surface area contributed by atoms with Crippen LogP contribution in [-0.4, -0.2) is 45.6 Å². The lowest BCUT2D eigenvalue weighted by Gasteiger charge is -2.23. The molecule has 1 saturated heterocycles. The monoisotopic (exact) mass is 392 g/mol. The number of halogens is 1. The molecule has 2 unspecified atom stereocenters. The van der Waals surface area contributed by atoms with E-state index in [1.807, 2.05) is 6.92 Å². The third-order valence-electron chi connectivity index (χ3n) is 5.34. The smallest absolute Gasteiger partial charge is 0.257 e. The molecule has 2 aromatic rings. The van der Waals surface area contributed by atoms with Crippen LogP contribution in [0.2, 0.25) is 5.02 Å². The first-order valence-electron chi connectivity index (χ1n) is 9.38. The number of nitrogens with zero attached hydrogens (tertiary/aromatic N) is 4. The summed E-state index contributed by atoms with van der Waals surface area (Å²) >= 11 is 6.27. The number of aromatic nitrogens is 4. The van der Waals surface area contributed by atoms with E-state index in [0.717, 1.165) is 37.4 Å². The van der Waals surface area contributed by atoms with E-state index in [0.29, 0.717) is 35.3 Å². The third kappa shape index (κ3) is 3.68. The minimum atomic E-state index is 0.130. The maximum atomic E-state index is 6.27. The highest BCUT2D eigenvalue weighted by molar-refractivity contribution is 6.32. The second-order valence-corrected chi connectivity index (χ2v) is 7.70. The minimum absolute atomic E-state index is 0.130. The van der Waals surface area contributed by atoms with Crippen molar-refractivity contribution in [1.29, 1.82) is 0 Å². The molecule has 0 radical (unpaired) electrons. The Morgan fingerprint density at radius 2 is 2.04 bits per heavy atom. The van der Waals surface area contributed by atoms with E-state index in [4.69, 9.17) is 26.2 Å². The number of hydrogen-bond acceptors (Lipinski definition) is 7. The summed E-state index contributed by atoms with van der Waals surface area (Å²) in [6.07, 6.45) is 3.49. The van der Waals surface area contributed by atoms with Crippen molar-refractivity contribution in [2.45, 2.75) is 45.7 Å². The highest BCUT2D eigenvalue weighted by Crippen LogP contribution is 2.35. The molecule has 0 spiro atoms. The highest BCUT2D eigenvalue weighted by Gasteiger charge is 2.26. The number of rotatable bonds is 1. The fourth-order valence-electron chi connectivity index (χ4n) is 3.38. The van der Waals surface area contributed by atoms with Crippen molar-refractivity contribution in [1.82, 2.24) is 19.7 Å². The number of hydrogen-bond donors (Lipinski definition) is 2. The van der Waals surface area contributed by atoms with Gasteiger partial charge in [-0.15, -0.1) is 5.10 Å².